The summed E-state index contributed by atoms with van der Waals surface area (Å²) >= 11 is 0. The summed E-state index contributed by atoms with van der Waals surface area (Å²) in [7, 11) is 0. The number of nitrogens with two attached hydrogens (primary N) is 1. The maximum atomic E-state index is 8.59. The number of ether oxygens (including phenoxy) is 1. The Labute approximate surface area is 112 Å². The Balaban J connectivity index is 1.96. The molecule has 4 N–H and O–H groups in total. The number of nitrogens with one attached hydrogen (secondary N) is 1. The van der Waals surface area contributed by atoms with Gasteiger partial charge < -0.3 is 20.9 Å². The maximum absolute atomic E-state index is 8.59. The number of aliphatic hydroxyl groups is 1. The highest BCUT2D eigenvalue weighted by Gasteiger charge is 2.03. The molecule has 0 radical (unpaired) electrons. The van der Waals surface area contributed by atoms with Gasteiger partial charge in [-0.25, -0.2) is 0 Å². The Morgan fingerprint density at radius 3 is 2.95 bits per heavy atom. The predicted octanol–water partition coefficient (Wildman–Crippen LogP) is 1.63. The zero-order valence-electron chi connectivity index (χ0n) is 10.8. The number of nitrogen functional groups attached to an aromatic ring is 1. The third kappa shape index (κ3) is 3.56. The van der Waals surface area contributed by atoms with Crippen molar-refractivity contribution >= 4 is 22.1 Å². The van der Waals surface area contributed by atoms with Crippen LogP contribution >= 0.6 is 0 Å². The molecule has 0 saturated carbocycles. The van der Waals surface area contributed by atoms with Crippen LogP contribution in [-0.2, 0) is 4.74 Å². The second-order valence-electron chi connectivity index (χ2n) is 4.24. The number of aliphatic hydroxyl groups excluding tert-OH is 1. The number of fused-ring (bicyclic) bond motifs is 1. The van der Waals surface area contributed by atoms with Gasteiger partial charge in [-0.05, 0) is 24.6 Å². The van der Waals surface area contributed by atoms with E-state index in [2.05, 4.69) is 10.3 Å². The highest BCUT2D eigenvalue weighted by Crippen LogP contribution is 2.27. The summed E-state index contributed by atoms with van der Waals surface area (Å²) in [4.78, 5) is 4.14. The lowest BCUT2D eigenvalue weighted by Crippen LogP contribution is -2.08. The van der Waals surface area contributed by atoms with Crippen LogP contribution in [0.25, 0.3) is 10.8 Å². The fourth-order valence-electron chi connectivity index (χ4n) is 1.93. The standard InChI is InChI=1S/C14H19N3O2/c15-13-2-3-14(12-10-16-6-4-11(12)13)17-5-1-8-19-9-7-18/h2-4,6,10,17-18H,1,5,7-9,15H2. The average molecular weight is 261 g/mol. The molecule has 2 aromatic rings. The SMILES string of the molecule is Nc1ccc(NCCCOCCO)c2cnccc12. The van der Waals surface area contributed by atoms with Crippen molar-refractivity contribution in [3.05, 3.63) is 30.6 Å². The fraction of sp³-hybridized carbons (Fsp3) is 0.357. The largest absolute Gasteiger partial charge is 0.398 e. The van der Waals surface area contributed by atoms with Gasteiger partial charge in [-0.2, -0.15) is 0 Å². The van der Waals surface area contributed by atoms with Crippen LogP contribution in [0.15, 0.2) is 30.6 Å². The average Bonchev–Trinajstić information content (AvgIpc) is 2.45. The van der Waals surface area contributed by atoms with E-state index >= 15 is 0 Å². The number of anilines is 2. The molecule has 0 aliphatic heterocycles. The summed E-state index contributed by atoms with van der Waals surface area (Å²) in [6.07, 6.45) is 4.44. The van der Waals surface area contributed by atoms with E-state index in [0.29, 0.717) is 13.2 Å². The molecule has 1 heterocycles. The summed E-state index contributed by atoms with van der Waals surface area (Å²) in [6, 6.07) is 5.78. The molecule has 5 heteroatoms. The highest BCUT2D eigenvalue weighted by molar-refractivity contribution is 6.00. The van der Waals surface area contributed by atoms with Gasteiger partial charge in [0.1, 0.15) is 0 Å². The highest BCUT2D eigenvalue weighted by atomic mass is 16.5. The zero-order valence-corrected chi connectivity index (χ0v) is 10.8. The molecular weight excluding hydrogens is 242 g/mol. The Morgan fingerprint density at radius 1 is 1.21 bits per heavy atom. The molecule has 0 amide bonds. The first-order valence-corrected chi connectivity index (χ1v) is 6.37. The van der Waals surface area contributed by atoms with Crippen LogP contribution in [0.5, 0.6) is 0 Å². The second kappa shape index (κ2) is 6.92. The van der Waals surface area contributed by atoms with Crippen molar-refractivity contribution < 1.29 is 9.84 Å². The van der Waals surface area contributed by atoms with Crippen LogP contribution in [0, 0.1) is 0 Å². The number of hydrogen-bond acceptors (Lipinski definition) is 5. The van der Waals surface area contributed by atoms with E-state index in [1.165, 1.54) is 0 Å². The molecule has 0 spiro atoms. The normalized spacial score (nSPS) is 10.8. The summed E-state index contributed by atoms with van der Waals surface area (Å²) in [6.45, 7) is 1.91. The van der Waals surface area contributed by atoms with E-state index in [0.717, 1.165) is 35.1 Å². The predicted molar refractivity (Wildman–Crippen MR) is 77.2 cm³/mol. The van der Waals surface area contributed by atoms with Crippen LogP contribution in [-0.4, -0.2) is 36.5 Å². The van der Waals surface area contributed by atoms with E-state index in [9.17, 15) is 0 Å². The van der Waals surface area contributed by atoms with Crippen LogP contribution in [0.1, 0.15) is 6.42 Å². The smallest absolute Gasteiger partial charge is 0.0697 e. The number of aromatic nitrogens is 1. The molecule has 0 bridgehead atoms. The fourth-order valence-corrected chi connectivity index (χ4v) is 1.93. The molecule has 0 saturated heterocycles. The van der Waals surface area contributed by atoms with Crippen LogP contribution in [0.4, 0.5) is 11.4 Å². The number of rotatable bonds is 7. The van der Waals surface area contributed by atoms with Gasteiger partial charge in [0, 0.05) is 47.7 Å². The lowest BCUT2D eigenvalue weighted by atomic mass is 10.1. The molecule has 102 valence electrons. The lowest BCUT2D eigenvalue weighted by Gasteiger charge is -2.11. The Bertz CT molecular complexity index is 531. The summed E-state index contributed by atoms with van der Waals surface area (Å²) in [5.74, 6) is 0. The third-order valence-corrected chi connectivity index (χ3v) is 2.87. The number of hydrogen-bond donors (Lipinski definition) is 3. The van der Waals surface area contributed by atoms with Crippen molar-refractivity contribution in [2.24, 2.45) is 0 Å². The molecule has 1 aromatic heterocycles. The van der Waals surface area contributed by atoms with Gasteiger partial charge in [-0.1, -0.05) is 0 Å². The molecule has 0 aliphatic rings. The van der Waals surface area contributed by atoms with Crippen LogP contribution in [0.2, 0.25) is 0 Å². The minimum absolute atomic E-state index is 0.0711. The van der Waals surface area contributed by atoms with Crippen molar-refractivity contribution in [3.63, 3.8) is 0 Å². The minimum atomic E-state index is 0.0711. The summed E-state index contributed by atoms with van der Waals surface area (Å²) in [5, 5.41) is 14.0. The molecule has 0 atom stereocenters. The molecule has 1 aromatic carbocycles. The topological polar surface area (TPSA) is 80.4 Å². The quantitative estimate of drug-likeness (QED) is 0.521. The van der Waals surface area contributed by atoms with Gasteiger partial charge in [0.05, 0.1) is 13.2 Å². The maximum Gasteiger partial charge on any atom is 0.0697 e. The van der Waals surface area contributed by atoms with Crippen LogP contribution in [0.3, 0.4) is 0 Å². The number of nitrogens with zero attached hydrogens (tertiary/aromatic N) is 1. The van der Waals surface area contributed by atoms with Crippen molar-refractivity contribution in [3.8, 4) is 0 Å². The molecule has 19 heavy (non-hydrogen) atoms. The van der Waals surface area contributed by atoms with Crippen LogP contribution < -0.4 is 11.1 Å². The van der Waals surface area contributed by atoms with Crippen molar-refractivity contribution in [1.29, 1.82) is 0 Å². The number of benzene rings is 1. The van der Waals surface area contributed by atoms with E-state index < -0.39 is 0 Å². The molecular formula is C14H19N3O2. The van der Waals surface area contributed by atoms with Gasteiger partial charge in [-0.15, -0.1) is 0 Å². The van der Waals surface area contributed by atoms with Crippen molar-refractivity contribution in [1.82, 2.24) is 4.98 Å². The zero-order chi connectivity index (χ0) is 13.5. The Hall–Kier alpha value is -1.85. The van der Waals surface area contributed by atoms with Gasteiger partial charge >= 0.3 is 0 Å². The lowest BCUT2D eigenvalue weighted by molar-refractivity contribution is 0.0922. The molecule has 0 aliphatic carbocycles. The number of pyridine rings is 1. The Kier molecular flexibility index (Phi) is 4.94. The molecule has 2 rings (SSSR count). The van der Waals surface area contributed by atoms with E-state index in [-0.39, 0.29) is 6.61 Å². The van der Waals surface area contributed by atoms with Gasteiger partial charge in [0.15, 0.2) is 0 Å². The van der Waals surface area contributed by atoms with Gasteiger partial charge in [-0.3, -0.25) is 4.98 Å². The first-order chi connectivity index (χ1) is 9.33. The summed E-state index contributed by atoms with van der Waals surface area (Å²) < 4.78 is 5.20. The second-order valence-corrected chi connectivity index (χ2v) is 4.24. The van der Waals surface area contributed by atoms with E-state index in [1.807, 2.05) is 24.4 Å². The minimum Gasteiger partial charge on any atom is -0.398 e. The molecule has 5 nitrogen and oxygen atoms in total. The van der Waals surface area contributed by atoms with Gasteiger partial charge in [0.2, 0.25) is 0 Å². The van der Waals surface area contributed by atoms with E-state index in [1.54, 1.807) is 6.20 Å². The van der Waals surface area contributed by atoms with E-state index in [4.69, 9.17) is 15.6 Å². The summed E-state index contributed by atoms with van der Waals surface area (Å²) in [5.41, 5.74) is 7.72. The first-order valence-electron chi connectivity index (χ1n) is 6.37. The van der Waals surface area contributed by atoms with Crippen molar-refractivity contribution in [2.75, 3.05) is 37.4 Å². The Morgan fingerprint density at radius 2 is 2.11 bits per heavy atom. The molecule has 0 unspecified atom stereocenters. The van der Waals surface area contributed by atoms with Gasteiger partial charge in [0.25, 0.3) is 0 Å². The first kappa shape index (κ1) is 13.6. The molecule has 0 fully saturated rings. The van der Waals surface area contributed by atoms with Crippen molar-refractivity contribution in [2.45, 2.75) is 6.42 Å². The monoisotopic (exact) mass is 261 g/mol. The third-order valence-electron chi connectivity index (χ3n) is 2.87.